The summed E-state index contributed by atoms with van der Waals surface area (Å²) in [5.41, 5.74) is 1.08. The summed E-state index contributed by atoms with van der Waals surface area (Å²) in [6.07, 6.45) is 3.36. The topological polar surface area (TPSA) is 75.2 Å². The minimum atomic E-state index is -3.53. The Morgan fingerprint density at radius 1 is 1.39 bits per heavy atom. The zero-order valence-electron chi connectivity index (χ0n) is 13.2. The van der Waals surface area contributed by atoms with Gasteiger partial charge in [-0.2, -0.15) is 8.75 Å². The Balaban J connectivity index is 1.56. The predicted octanol–water partition coefficient (Wildman–Crippen LogP) is 2.09. The molecule has 3 rings (SSSR count). The van der Waals surface area contributed by atoms with Crippen LogP contribution in [0.4, 0.5) is 0 Å². The van der Waals surface area contributed by atoms with Crippen molar-refractivity contribution in [1.82, 2.24) is 18.4 Å². The number of nitrogens with one attached hydrogen (secondary N) is 1. The molecule has 1 aromatic carbocycles. The first-order valence-corrected chi connectivity index (χ1v) is 10.2. The van der Waals surface area contributed by atoms with Crippen LogP contribution in [0, 0.1) is 5.92 Å². The van der Waals surface area contributed by atoms with Crippen molar-refractivity contribution in [2.75, 3.05) is 26.2 Å². The fraction of sp³-hybridized carbons (Fsp3) is 0.600. The fourth-order valence-corrected chi connectivity index (χ4v) is 4.91. The highest BCUT2D eigenvalue weighted by molar-refractivity contribution is 7.89. The first-order chi connectivity index (χ1) is 11.1. The van der Waals surface area contributed by atoms with E-state index in [1.54, 1.807) is 18.2 Å². The van der Waals surface area contributed by atoms with Gasteiger partial charge in [0.25, 0.3) is 0 Å². The van der Waals surface area contributed by atoms with Gasteiger partial charge in [0.05, 0.1) is 11.7 Å². The Kier molecular flexibility index (Phi) is 5.25. The molecule has 1 aliphatic rings. The van der Waals surface area contributed by atoms with Crippen LogP contribution >= 0.6 is 11.7 Å². The number of nitrogens with zero attached hydrogens (tertiary/aromatic N) is 3. The summed E-state index contributed by atoms with van der Waals surface area (Å²) in [6.45, 7) is 5.91. The Morgan fingerprint density at radius 2 is 2.26 bits per heavy atom. The van der Waals surface area contributed by atoms with Gasteiger partial charge < -0.3 is 4.90 Å². The highest BCUT2D eigenvalue weighted by Gasteiger charge is 2.19. The third-order valence-corrected chi connectivity index (χ3v) is 6.26. The summed E-state index contributed by atoms with van der Waals surface area (Å²) in [5.74, 6) is 0.746. The molecule has 6 nitrogen and oxygen atoms in total. The van der Waals surface area contributed by atoms with E-state index in [1.165, 1.54) is 12.8 Å². The van der Waals surface area contributed by atoms with Gasteiger partial charge in [0.15, 0.2) is 0 Å². The Labute approximate surface area is 141 Å². The van der Waals surface area contributed by atoms with E-state index in [-0.39, 0.29) is 4.90 Å². The summed E-state index contributed by atoms with van der Waals surface area (Å²) in [4.78, 5) is 2.64. The van der Waals surface area contributed by atoms with Crippen molar-refractivity contribution in [3.05, 3.63) is 18.2 Å². The standard InChI is InChI=1S/C15H22N4O2S2/c1-12-5-3-9-19(11-12)10-4-8-16-23(20,21)14-7-2-6-13-15(14)18-22-17-13/h2,6-7,12,16H,3-5,8-11H2,1H3. The third kappa shape index (κ3) is 4.06. The minimum Gasteiger partial charge on any atom is -0.303 e. The molecule has 2 aromatic rings. The fourth-order valence-electron chi connectivity index (χ4n) is 3.07. The van der Waals surface area contributed by atoms with Crippen LogP contribution in [-0.4, -0.2) is 48.2 Å². The van der Waals surface area contributed by atoms with Crippen LogP contribution in [0.2, 0.25) is 0 Å². The lowest BCUT2D eigenvalue weighted by atomic mass is 10.0. The SMILES string of the molecule is CC1CCCN(CCCNS(=O)(=O)c2cccc3nsnc23)C1. The number of benzene rings is 1. The average Bonchev–Trinajstić information content (AvgIpc) is 3.00. The number of likely N-dealkylation sites (tertiary alicyclic amines) is 1. The van der Waals surface area contributed by atoms with E-state index in [2.05, 4.69) is 25.3 Å². The molecule has 0 aliphatic carbocycles. The zero-order valence-corrected chi connectivity index (χ0v) is 14.9. The summed E-state index contributed by atoms with van der Waals surface area (Å²) in [5, 5.41) is 0. The molecule has 0 radical (unpaired) electrons. The molecule has 1 aliphatic heterocycles. The molecule has 1 aromatic heterocycles. The van der Waals surface area contributed by atoms with E-state index in [9.17, 15) is 8.42 Å². The van der Waals surface area contributed by atoms with E-state index < -0.39 is 10.0 Å². The van der Waals surface area contributed by atoms with Crippen molar-refractivity contribution in [3.8, 4) is 0 Å². The normalized spacial score (nSPS) is 20.1. The summed E-state index contributed by atoms with van der Waals surface area (Å²) < 4.78 is 35.8. The lowest BCUT2D eigenvalue weighted by Gasteiger charge is -2.30. The Bertz CT molecular complexity index is 760. The van der Waals surface area contributed by atoms with Crippen LogP contribution in [-0.2, 0) is 10.0 Å². The van der Waals surface area contributed by atoms with E-state index in [0.717, 1.165) is 43.7 Å². The maximum Gasteiger partial charge on any atom is 0.242 e. The number of piperidine rings is 1. The molecule has 1 saturated heterocycles. The summed E-state index contributed by atoms with van der Waals surface area (Å²) >= 11 is 1.03. The van der Waals surface area contributed by atoms with E-state index >= 15 is 0 Å². The van der Waals surface area contributed by atoms with Crippen molar-refractivity contribution in [2.24, 2.45) is 5.92 Å². The molecule has 2 heterocycles. The van der Waals surface area contributed by atoms with Crippen molar-refractivity contribution >= 4 is 32.8 Å². The van der Waals surface area contributed by atoms with Crippen LogP contribution < -0.4 is 4.72 Å². The van der Waals surface area contributed by atoms with Crippen LogP contribution in [0.1, 0.15) is 26.2 Å². The van der Waals surface area contributed by atoms with Gasteiger partial charge in [0.2, 0.25) is 10.0 Å². The van der Waals surface area contributed by atoms with E-state index in [0.29, 0.717) is 17.6 Å². The van der Waals surface area contributed by atoms with Gasteiger partial charge in [0, 0.05) is 13.1 Å². The zero-order chi connectivity index (χ0) is 16.3. The first-order valence-electron chi connectivity index (χ1n) is 7.99. The highest BCUT2D eigenvalue weighted by Crippen LogP contribution is 2.21. The van der Waals surface area contributed by atoms with Crippen LogP contribution in [0.5, 0.6) is 0 Å². The monoisotopic (exact) mass is 354 g/mol. The molecule has 8 heteroatoms. The lowest BCUT2D eigenvalue weighted by molar-refractivity contribution is 0.182. The number of rotatable bonds is 6. The molecule has 1 atom stereocenters. The van der Waals surface area contributed by atoms with Crippen LogP contribution in [0.25, 0.3) is 11.0 Å². The second-order valence-corrected chi connectivity index (χ2v) is 8.45. The maximum absolute atomic E-state index is 12.5. The van der Waals surface area contributed by atoms with Crippen molar-refractivity contribution in [1.29, 1.82) is 0 Å². The van der Waals surface area contributed by atoms with Gasteiger partial charge in [0.1, 0.15) is 15.9 Å². The molecule has 0 spiro atoms. The van der Waals surface area contributed by atoms with Crippen molar-refractivity contribution < 1.29 is 8.42 Å². The van der Waals surface area contributed by atoms with Crippen molar-refractivity contribution in [2.45, 2.75) is 31.1 Å². The van der Waals surface area contributed by atoms with Gasteiger partial charge in [-0.05, 0) is 50.4 Å². The maximum atomic E-state index is 12.5. The quantitative estimate of drug-likeness (QED) is 0.804. The molecular weight excluding hydrogens is 332 g/mol. The number of sulfonamides is 1. The van der Waals surface area contributed by atoms with Gasteiger partial charge in [-0.25, -0.2) is 13.1 Å². The molecule has 1 unspecified atom stereocenters. The largest absolute Gasteiger partial charge is 0.303 e. The predicted molar refractivity (Wildman–Crippen MR) is 92.1 cm³/mol. The van der Waals surface area contributed by atoms with E-state index in [4.69, 9.17) is 0 Å². The molecular formula is C15H22N4O2S2. The lowest BCUT2D eigenvalue weighted by Crippen LogP contribution is -2.36. The number of hydrogen-bond donors (Lipinski definition) is 1. The highest BCUT2D eigenvalue weighted by atomic mass is 32.2. The molecule has 1 N–H and O–H groups in total. The van der Waals surface area contributed by atoms with Crippen LogP contribution in [0.15, 0.2) is 23.1 Å². The summed E-state index contributed by atoms with van der Waals surface area (Å²) in [7, 11) is -3.53. The van der Waals surface area contributed by atoms with Gasteiger partial charge in [-0.1, -0.05) is 13.0 Å². The first kappa shape index (κ1) is 16.8. The number of aromatic nitrogens is 2. The average molecular weight is 355 g/mol. The molecule has 1 fully saturated rings. The molecule has 0 saturated carbocycles. The summed E-state index contributed by atoms with van der Waals surface area (Å²) in [6, 6.07) is 5.06. The smallest absolute Gasteiger partial charge is 0.242 e. The molecule has 126 valence electrons. The second kappa shape index (κ2) is 7.21. The second-order valence-electron chi connectivity index (χ2n) is 6.19. The number of hydrogen-bond acceptors (Lipinski definition) is 6. The Morgan fingerprint density at radius 3 is 3.09 bits per heavy atom. The third-order valence-electron chi connectivity index (χ3n) is 4.22. The van der Waals surface area contributed by atoms with Crippen LogP contribution in [0.3, 0.4) is 0 Å². The molecule has 0 bridgehead atoms. The molecule has 0 amide bonds. The van der Waals surface area contributed by atoms with Gasteiger partial charge in [-0.3, -0.25) is 0 Å². The van der Waals surface area contributed by atoms with Crippen molar-refractivity contribution in [3.63, 3.8) is 0 Å². The number of fused-ring (bicyclic) bond motifs is 1. The van der Waals surface area contributed by atoms with Gasteiger partial charge >= 0.3 is 0 Å². The Hall–Kier alpha value is -1.09. The molecule has 23 heavy (non-hydrogen) atoms. The minimum absolute atomic E-state index is 0.218. The van der Waals surface area contributed by atoms with Gasteiger partial charge in [-0.15, -0.1) is 0 Å². The van der Waals surface area contributed by atoms with E-state index in [1.807, 2.05) is 0 Å².